The Balaban J connectivity index is 1.40. The molecule has 0 bridgehead atoms. The second kappa shape index (κ2) is 9.25. The lowest BCUT2D eigenvalue weighted by molar-refractivity contribution is -0.385. The first-order chi connectivity index (χ1) is 15.8. The Kier molecular flexibility index (Phi) is 6.40. The molecule has 1 N–H and O–H groups in total. The smallest absolute Gasteiger partial charge is 0.322 e. The molecule has 1 saturated heterocycles. The lowest BCUT2D eigenvalue weighted by Gasteiger charge is -2.30. The maximum Gasteiger partial charge on any atom is 0.322 e. The van der Waals surface area contributed by atoms with E-state index in [2.05, 4.69) is 15.5 Å². The highest BCUT2D eigenvalue weighted by atomic mass is 35.5. The summed E-state index contributed by atoms with van der Waals surface area (Å²) in [4.78, 5) is 22.6. The predicted octanol–water partition coefficient (Wildman–Crippen LogP) is 3.34. The van der Waals surface area contributed by atoms with Crippen LogP contribution in [0, 0.1) is 16.0 Å². The number of aromatic nitrogens is 2. The first-order valence-corrected chi connectivity index (χ1v) is 11.7. The number of piperidine rings is 1. The van der Waals surface area contributed by atoms with Gasteiger partial charge in [-0.05, 0) is 31.0 Å². The van der Waals surface area contributed by atoms with Gasteiger partial charge < -0.3 is 4.42 Å². The number of carbonyl (C=O) groups excluding carboxylic acids is 1. The molecule has 4 rings (SSSR count). The number of nitrogens with one attached hydrogen (secondary N) is 1. The van der Waals surface area contributed by atoms with Crippen LogP contribution < -0.4 is 5.32 Å². The summed E-state index contributed by atoms with van der Waals surface area (Å²) in [7, 11) is -4.06. The monoisotopic (exact) mass is 491 g/mol. The number of amides is 1. The molecular weight excluding hydrogens is 474 g/mol. The number of hydrogen-bond donors (Lipinski definition) is 1. The van der Waals surface area contributed by atoms with Crippen LogP contribution in [0.5, 0.6) is 0 Å². The zero-order valence-electron chi connectivity index (χ0n) is 17.0. The zero-order valence-corrected chi connectivity index (χ0v) is 18.6. The van der Waals surface area contributed by atoms with Crippen molar-refractivity contribution in [2.24, 2.45) is 5.92 Å². The molecule has 1 amide bonds. The van der Waals surface area contributed by atoms with Crippen LogP contribution in [0.2, 0.25) is 5.02 Å². The van der Waals surface area contributed by atoms with Crippen molar-refractivity contribution in [2.75, 3.05) is 18.4 Å². The van der Waals surface area contributed by atoms with Crippen molar-refractivity contribution in [3.63, 3.8) is 0 Å². The van der Waals surface area contributed by atoms with Crippen molar-refractivity contribution < 1.29 is 22.6 Å². The van der Waals surface area contributed by atoms with Crippen LogP contribution in [0.3, 0.4) is 0 Å². The van der Waals surface area contributed by atoms with Crippen LogP contribution in [-0.2, 0) is 14.8 Å². The molecule has 1 aliphatic heterocycles. The number of sulfonamides is 1. The van der Waals surface area contributed by atoms with E-state index in [4.69, 9.17) is 16.0 Å². The van der Waals surface area contributed by atoms with E-state index in [1.54, 1.807) is 12.1 Å². The first-order valence-electron chi connectivity index (χ1n) is 9.89. The van der Waals surface area contributed by atoms with Gasteiger partial charge in [-0.3, -0.25) is 20.2 Å². The molecule has 1 aliphatic rings. The normalized spacial score (nSPS) is 15.3. The average Bonchev–Trinajstić information content (AvgIpc) is 3.28. The fourth-order valence-electron chi connectivity index (χ4n) is 3.48. The van der Waals surface area contributed by atoms with Crippen LogP contribution in [-0.4, -0.2) is 46.8 Å². The van der Waals surface area contributed by atoms with Gasteiger partial charge in [-0.15, -0.1) is 5.10 Å². The van der Waals surface area contributed by atoms with Gasteiger partial charge in [-0.25, -0.2) is 8.42 Å². The third-order valence-electron chi connectivity index (χ3n) is 5.24. The molecule has 0 aliphatic carbocycles. The van der Waals surface area contributed by atoms with E-state index >= 15 is 0 Å². The summed E-state index contributed by atoms with van der Waals surface area (Å²) in [5, 5.41) is 21.2. The third kappa shape index (κ3) is 4.87. The van der Waals surface area contributed by atoms with E-state index in [1.165, 1.54) is 10.4 Å². The van der Waals surface area contributed by atoms with Crippen LogP contribution in [0.15, 0.2) is 57.8 Å². The topological polar surface area (TPSA) is 149 Å². The number of carbonyl (C=O) groups is 1. The molecule has 1 fully saturated rings. The molecule has 172 valence electrons. The van der Waals surface area contributed by atoms with E-state index in [0.29, 0.717) is 5.56 Å². The van der Waals surface area contributed by atoms with Crippen molar-refractivity contribution in [1.29, 1.82) is 0 Å². The molecule has 0 atom stereocenters. The maximum atomic E-state index is 13.0. The molecule has 2 aromatic carbocycles. The Morgan fingerprint density at radius 3 is 2.52 bits per heavy atom. The van der Waals surface area contributed by atoms with E-state index in [1.807, 2.05) is 18.2 Å². The zero-order chi connectivity index (χ0) is 23.6. The molecule has 2 heterocycles. The number of rotatable bonds is 6. The number of halogens is 1. The minimum Gasteiger partial charge on any atom is -0.403 e. The average molecular weight is 492 g/mol. The van der Waals surface area contributed by atoms with Crippen molar-refractivity contribution in [2.45, 2.75) is 17.7 Å². The molecule has 1 aromatic heterocycles. The van der Waals surface area contributed by atoms with E-state index < -0.39 is 20.9 Å². The summed E-state index contributed by atoms with van der Waals surface area (Å²) in [5.74, 6) is -0.562. The summed E-state index contributed by atoms with van der Waals surface area (Å²) in [6.07, 6.45) is 0.495. The van der Waals surface area contributed by atoms with Crippen molar-refractivity contribution in [3.8, 4) is 11.5 Å². The minimum atomic E-state index is -4.06. The van der Waals surface area contributed by atoms with Gasteiger partial charge in [0.2, 0.25) is 21.8 Å². The number of nitro benzene ring substituents is 1. The first kappa shape index (κ1) is 22.8. The largest absolute Gasteiger partial charge is 0.403 e. The summed E-state index contributed by atoms with van der Waals surface area (Å²) in [6, 6.07) is 12.3. The second-order valence-electron chi connectivity index (χ2n) is 7.32. The Labute approximate surface area is 193 Å². The Morgan fingerprint density at radius 1 is 1.15 bits per heavy atom. The van der Waals surface area contributed by atoms with Gasteiger partial charge in [0.05, 0.1) is 9.95 Å². The quantitative estimate of drug-likeness (QED) is 0.407. The number of hydrogen-bond acceptors (Lipinski definition) is 8. The van der Waals surface area contributed by atoms with E-state index in [9.17, 15) is 23.3 Å². The van der Waals surface area contributed by atoms with Crippen molar-refractivity contribution >= 4 is 39.2 Å². The number of anilines is 1. The lowest BCUT2D eigenvalue weighted by Crippen LogP contribution is -2.41. The molecule has 3 aromatic rings. The van der Waals surface area contributed by atoms with Gasteiger partial charge in [-0.1, -0.05) is 34.9 Å². The van der Waals surface area contributed by atoms with Gasteiger partial charge in [0.25, 0.3) is 5.69 Å². The van der Waals surface area contributed by atoms with E-state index in [-0.39, 0.29) is 59.3 Å². The fraction of sp³-hybridized carbons (Fsp3) is 0.250. The highest BCUT2D eigenvalue weighted by molar-refractivity contribution is 7.89. The summed E-state index contributed by atoms with van der Waals surface area (Å²) in [5.41, 5.74) is 0.338. The Bertz CT molecular complexity index is 1290. The third-order valence-corrected chi connectivity index (χ3v) is 7.62. The lowest BCUT2D eigenvalue weighted by atomic mass is 9.97. The second-order valence-corrected chi connectivity index (χ2v) is 9.63. The molecular formula is C20H18ClN5O6S. The number of nitrogens with zero attached hydrogens (tertiary/aromatic N) is 4. The van der Waals surface area contributed by atoms with Gasteiger partial charge in [-0.2, -0.15) is 4.31 Å². The number of benzene rings is 2. The minimum absolute atomic E-state index is 0.0442. The molecule has 0 spiro atoms. The highest BCUT2D eigenvalue weighted by Gasteiger charge is 2.34. The summed E-state index contributed by atoms with van der Waals surface area (Å²) in [6.45, 7) is 0.108. The standard InChI is InChI=1S/C20H18ClN5O6S/c21-16-7-6-15(26(28)29)12-17(16)33(30,31)25-10-8-13(9-11-25)18(27)22-20-24-23-19(32-20)14-4-2-1-3-5-14/h1-7,12-13H,8-11H2,(H,22,24,27). The van der Waals surface area contributed by atoms with Gasteiger partial charge in [0.15, 0.2) is 0 Å². The highest BCUT2D eigenvalue weighted by Crippen LogP contribution is 2.31. The molecule has 0 radical (unpaired) electrons. The fourth-order valence-corrected chi connectivity index (χ4v) is 5.44. The number of non-ortho nitro benzene ring substituents is 1. The Hall–Kier alpha value is -3.35. The van der Waals surface area contributed by atoms with Gasteiger partial charge in [0.1, 0.15) is 4.90 Å². The van der Waals surface area contributed by atoms with Crippen LogP contribution in [0.4, 0.5) is 11.7 Å². The molecule has 0 saturated carbocycles. The summed E-state index contributed by atoms with van der Waals surface area (Å²) < 4.78 is 32.6. The van der Waals surface area contributed by atoms with Crippen LogP contribution in [0.25, 0.3) is 11.5 Å². The van der Waals surface area contributed by atoms with Crippen molar-refractivity contribution in [1.82, 2.24) is 14.5 Å². The Morgan fingerprint density at radius 2 is 1.85 bits per heavy atom. The number of nitro groups is 1. The van der Waals surface area contributed by atoms with E-state index in [0.717, 1.165) is 12.1 Å². The molecule has 0 unspecified atom stereocenters. The molecule has 13 heteroatoms. The van der Waals surface area contributed by atoms with Crippen LogP contribution in [0.1, 0.15) is 12.8 Å². The maximum absolute atomic E-state index is 13.0. The molecule has 11 nitrogen and oxygen atoms in total. The van der Waals surface area contributed by atoms with Crippen molar-refractivity contribution in [3.05, 3.63) is 63.7 Å². The molecule has 33 heavy (non-hydrogen) atoms. The van der Waals surface area contributed by atoms with Gasteiger partial charge >= 0.3 is 6.01 Å². The predicted molar refractivity (Wildman–Crippen MR) is 118 cm³/mol. The SMILES string of the molecule is O=C(Nc1nnc(-c2ccccc2)o1)C1CCN(S(=O)(=O)c2cc([N+](=O)[O-])ccc2Cl)CC1. The van der Waals surface area contributed by atoms with Crippen LogP contribution >= 0.6 is 11.6 Å². The van der Waals surface area contributed by atoms with Gasteiger partial charge in [0, 0.05) is 36.7 Å². The summed E-state index contributed by atoms with van der Waals surface area (Å²) >= 11 is 6.00.